The zero-order chi connectivity index (χ0) is 13.3. The molecule has 0 radical (unpaired) electrons. The molecule has 100 valence electrons. The first-order valence-electron chi connectivity index (χ1n) is 7.22. The lowest BCUT2D eigenvalue weighted by Gasteiger charge is -2.44. The van der Waals surface area contributed by atoms with Gasteiger partial charge in [-0.25, -0.2) is 4.99 Å². The minimum absolute atomic E-state index is 0.204. The molecule has 0 aliphatic heterocycles. The Morgan fingerprint density at radius 2 is 2.17 bits per heavy atom. The van der Waals surface area contributed by atoms with Crippen molar-refractivity contribution in [3.8, 4) is 0 Å². The molecule has 1 nitrogen and oxygen atoms in total. The highest BCUT2D eigenvalue weighted by molar-refractivity contribution is 7.78. The van der Waals surface area contributed by atoms with Crippen molar-refractivity contribution in [3.63, 3.8) is 0 Å². The molecule has 2 rings (SSSR count). The average Bonchev–Trinajstić information content (AvgIpc) is 2.64. The molecule has 0 saturated heterocycles. The van der Waals surface area contributed by atoms with E-state index in [9.17, 15) is 0 Å². The molecule has 0 heterocycles. The molecule has 0 aromatic heterocycles. The predicted octanol–water partition coefficient (Wildman–Crippen LogP) is 4.89. The molecule has 2 aliphatic carbocycles. The number of fused-ring (bicyclic) bond motifs is 1. The number of aliphatic imine (C=N–C) groups is 1. The van der Waals surface area contributed by atoms with Gasteiger partial charge in [-0.2, -0.15) is 0 Å². The van der Waals surface area contributed by atoms with E-state index in [-0.39, 0.29) is 6.04 Å². The van der Waals surface area contributed by atoms with E-state index in [1.807, 2.05) is 0 Å². The summed E-state index contributed by atoms with van der Waals surface area (Å²) in [6.07, 6.45) is 6.80. The standard InChI is InChI=1S/C16H25NS/c1-11(2)15(17-10-18)13-7-9-16(4)8-5-6-12(3)14(13)16/h12-15H,1,5-9H2,2-4H3/t12-,13+,14-,15+,16-/m1/s1. The fraction of sp³-hybridized carbons (Fsp3) is 0.812. The van der Waals surface area contributed by atoms with Gasteiger partial charge in [-0.15, -0.1) is 0 Å². The van der Waals surface area contributed by atoms with Crippen LogP contribution in [0.3, 0.4) is 0 Å². The summed E-state index contributed by atoms with van der Waals surface area (Å²) in [5.74, 6) is 2.25. The fourth-order valence-electron chi connectivity index (χ4n) is 4.75. The second-order valence-electron chi connectivity index (χ2n) is 6.76. The molecule has 2 saturated carbocycles. The van der Waals surface area contributed by atoms with Crippen LogP contribution < -0.4 is 0 Å². The van der Waals surface area contributed by atoms with E-state index in [1.54, 1.807) is 0 Å². The van der Waals surface area contributed by atoms with Crippen LogP contribution in [0.2, 0.25) is 0 Å². The molecule has 5 atom stereocenters. The van der Waals surface area contributed by atoms with E-state index in [1.165, 1.54) is 32.1 Å². The van der Waals surface area contributed by atoms with E-state index >= 15 is 0 Å². The van der Waals surface area contributed by atoms with Crippen LogP contribution in [0.15, 0.2) is 17.1 Å². The van der Waals surface area contributed by atoms with Crippen molar-refractivity contribution in [1.29, 1.82) is 0 Å². The van der Waals surface area contributed by atoms with Gasteiger partial charge in [0.1, 0.15) is 0 Å². The molecule has 2 aliphatic rings. The third kappa shape index (κ3) is 2.33. The first kappa shape index (κ1) is 14.0. The molecule has 0 spiro atoms. The minimum atomic E-state index is 0.204. The van der Waals surface area contributed by atoms with Crippen LogP contribution in [0.4, 0.5) is 0 Å². The topological polar surface area (TPSA) is 12.4 Å². The van der Waals surface area contributed by atoms with Crippen molar-refractivity contribution >= 4 is 17.4 Å². The molecular weight excluding hydrogens is 238 g/mol. The van der Waals surface area contributed by atoms with E-state index in [0.717, 1.165) is 17.4 Å². The molecule has 0 aromatic carbocycles. The van der Waals surface area contributed by atoms with Gasteiger partial charge < -0.3 is 0 Å². The Morgan fingerprint density at radius 3 is 2.78 bits per heavy atom. The largest absolute Gasteiger partial charge is 0.224 e. The van der Waals surface area contributed by atoms with Gasteiger partial charge in [-0.3, -0.25) is 0 Å². The summed E-state index contributed by atoms with van der Waals surface area (Å²) in [4.78, 5) is 4.43. The highest BCUT2D eigenvalue weighted by Gasteiger charge is 2.51. The molecule has 0 amide bonds. The number of isothiocyanates is 1. The Morgan fingerprint density at radius 1 is 1.44 bits per heavy atom. The van der Waals surface area contributed by atoms with Crippen molar-refractivity contribution in [2.45, 2.75) is 58.9 Å². The van der Waals surface area contributed by atoms with Crippen LogP contribution >= 0.6 is 12.2 Å². The molecule has 2 heteroatoms. The average molecular weight is 263 g/mol. The molecule has 0 unspecified atom stereocenters. The quantitative estimate of drug-likeness (QED) is 0.401. The Balaban J connectivity index is 2.28. The van der Waals surface area contributed by atoms with Crippen molar-refractivity contribution in [3.05, 3.63) is 12.2 Å². The Labute approximate surface area is 117 Å². The Hall–Kier alpha value is -0.460. The number of thiocarbonyl (C=S) groups is 1. The number of rotatable bonds is 3. The van der Waals surface area contributed by atoms with Crippen LogP contribution in [-0.4, -0.2) is 11.2 Å². The smallest absolute Gasteiger partial charge is 0.0838 e. The van der Waals surface area contributed by atoms with Crippen molar-refractivity contribution in [2.24, 2.45) is 28.2 Å². The summed E-state index contributed by atoms with van der Waals surface area (Å²) < 4.78 is 0. The Kier molecular flexibility index (Phi) is 4.08. The summed E-state index contributed by atoms with van der Waals surface area (Å²) in [5, 5.41) is 2.60. The summed E-state index contributed by atoms with van der Waals surface area (Å²) >= 11 is 4.83. The van der Waals surface area contributed by atoms with Crippen molar-refractivity contribution < 1.29 is 0 Å². The van der Waals surface area contributed by atoms with Gasteiger partial charge in [0.2, 0.25) is 0 Å². The first-order valence-corrected chi connectivity index (χ1v) is 7.63. The second kappa shape index (κ2) is 5.27. The molecule has 0 bridgehead atoms. The summed E-state index contributed by atoms with van der Waals surface area (Å²) in [7, 11) is 0. The predicted molar refractivity (Wildman–Crippen MR) is 81.0 cm³/mol. The third-order valence-corrected chi connectivity index (χ3v) is 5.54. The van der Waals surface area contributed by atoms with Crippen LogP contribution in [0.25, 0.3) is 0 Å². The highest BCUT2D eigenvalue weighted by atomic mass is 32.1. The van der Waals surface area contributed by atoms with E-state index in [0.29, 0.717) is 11.3 Å². The van der Waals surface area contributed by atoms with Gasteiger partial charge in [0.15, 0.2) is 0 Å². The maximum absolute atomic E-state index is 4.83. The van der Waals surface area contributed by atoms with Crippen LogP contribution in [0.5, 0.6) is 0 Å². The zero-order valence-corrected chi connectivity index (χ0v) is 12.7. The number of hydrogen-bond donors (Lipinski definition) is 0. The lowest BCUT2D eigenvalue weighted by Crippen LogP contribution is -2.38. The molecule has 0 aromatic rings. The Bertz CT molecular complexity index is 381. The summed E-state index contributed by atoms with van der Waals surface area (Å²) in [6, 6.07) is 0.204. The van der Waals surface area contributed by atoms with Crippen LogP contribution in [0.1, 0.15) is 52.9 Å². The van der Waals surface area contributed by atoms with Crippen molar-refractivity contribution in [2.75, 3.05) is 0 Å². The highest BCUT2D eigenvalue weighted by Crippen LogP contribution is 2.58. The van der Waals surface area contributed by atoms with Gasteiger partial charge in [0, 0.05) is 0 Å². The monoisotopic (exact) mass is 263 g/mol. The second-order valence-corrected chi connectivity index (χ2v) is 6.95. The van der Waals surface area contributed by atoms with E-state index in [2.05, 4.69) is 37.5 Å². The number of nitrogens with zero attached hydrogens (tertiary/aromatic N) is 1. The zero-order valence-electron chi connectivity index (χ0n) is 11.9. The lowest BCUT2D eigenvalue weighted by atomic mass is 9.62. The molecular formula is C16H25NS. The minimum Gasteiger partial charge on any atom is -0.224 e. The fourth-order valence-corrected chi connectivity index (χ4v) is 4.86. The van der Waals surface area contributed by atoms with Crippen LogP contribution in [-0.2, 0) is 0 Å². The van der Waals surface area contributed by atoms with E-state index < -0.39 is 0 Å². The van der Waals surface area contributed by atoms with Gasteiger partial charge in [0.05, 0.1) is 11.2 Å². The molecule has 18 heavy (non-hydrogen) atoms. The number of hydrogen-bond acceptors (Lipinski definition) is 2. The van der Waals surface area contributed by atoms with E-state index in [4.69, 9.17) is 12.2 Å². The lowest BCUT2D eigenvalue weighted by molar-refractivity contribution is 0.0665. The third-order valence-electron chi connectivity index (χ3n) is 5.44. The van der Waals surface area contributed by atoms with Gasteiger partial charge in [0.25, 0.3) is 0 Å². The SMILES string of the molecule is C=C(C)[C@H](N=C=S)[C@H]1CC[C@@]2(C)CCC[C@@H](C)[C@H]12. The van der Waals surface area contributed by atoms with Gasteiger partial charge >= 0.3 is 0 Å². The normalized spacial score (nSPS) is 40.7. The van der Waals surface area contributed by atoms with Gasteiger partial charge in [-0.1, -0.05) is 38.8 Å². The summed E-state index contributed by atoms with van der Waals surface area (Å²) in [5.41, 5.74) is 1.69. The van der Waals surface area contributed by atoms with Gasteiger partial charge in [-0.05, 0) is 61.6 Å². The van der Waals surface area contributed by atoms with Crippen LogP contribution in [0, 0.1) is 23.2 Å². The first-order chi connectivity index (χ1) is 8.49. The maximum Gasteiger partial charge on any atom is 0.0838 e. The maximum atomic E-state index is 4.83. The molecule has 0 N–H and O–H groups in total. The molecule has 2 fully saturated rings. The summed E-state index contributed by atoms with van der Waals surface area (Å²) in [6.45, 7) is 11.1. The van der Waals surface area contributed by atoms with Crippen molar-refractivity contribution in [1.82, 2.24) is 0 Å².